The lowest BCUT2D eigenvalue weighted by Crippen LogP contribution is -2.50. The first-order valence-electron chi connectivity index (χ1n) is 7.72. The van der Waals surface area contributed by atoms with Gasteiger partial charge in [0.1, 0.15) is 17.6 Å². The summed E-state index contributed by atoms with van der Waals surface area (Å²) in [6.45, 7) is 4.03. The van der Waals surface area contributed by atoms with E-state index in [0.717, 1.165) is 0 Å². The van der Waals surface area contributed by atoms with Gasteiger partial charge in [0.2, 0.25) is 5.91 Å². The van der Waals surface area contributed by atoms with E-state index in [-0.39, 0.29) is 11.8 Å². The summed E-state index contributed by atoms with van der Waals surface area (Å²) >= 11 is 0. The summed E-state index contributed by atoms with van der Waals surface area (Å²) in [7, 11) is 1.66. The summed E-state index contributed by atoms with van der Waals surface area (Å²) in [6, 6.07) is 8.06. The first-order chi connectivity index (χ1) is 11.4. The summed E-state index contributed by atoms with van der Waals surface area (Å²) in [4.78, 5) is 26.4. The van der Waals surface area contributed by atoms with Crippen LogP contribution in [0.3, 0.4) is 0 Å². The van der Waals surface area contributed by atoms with Crippen LogP contribution in [0.4, 0.5) is 4.39 Å². The molecule has 1 atom stereocenters. The lowest BCUT2D eigenvalue weighted by atomic mass is 10.0. The molecule has 2 amide bonds. The molecule has 2 rings (SSSR count). The number of carbonyl (C=O) groups is 2. The summed E-state index contributed by atoms with van der Waals surface area (Å²) in [5, 5.41) is 2.73. The monoisotopic (exact) mass is 332 g/mol. The smallest absolute Gasteiger partial charge is 0.251 e. The van der Waals surface area contributed by atoms with Gasteiger partial charge in [-0.15, -0.1) is 0 Å². The summed E-state index contributed by atoms with van der Waals surface area (Å²) in [5.74, 6) is -0.467. The van der Waals surface area contributed by atoms with Crippen molar-refractivity contribution >= 4 is 11.8 Å². The molecule has 1 aromatic carbocycles. The lowest BCUT2D eigenvalue weighted by molar-refractivity contribution is -0.133. The zero-order chi connectivity index (χ0) is 17.7. The number of nitrogens with zero attached hydrogens (tertiary/aromatic N) is 1. The van der Waals surface area contributed by atoms with E-state index >= 15 is 0 Å². The van der Waals surface area contributed by atoms with Crippen molar-refractivity contribution in [2.75, 3.05) is 7.05 Å². The van der Waals surface area contributed by atoms with Gasteiger partial charge >= 0.3 is 0 Å². The molecule has 1 heterocycles. The fraction of sp³-hybridized carbons (Fsp3) is 0.333. The highest BCUT2D eigenvalue weighted by Crippen LogP contribution is 2.11. The molecule has 0 fully saturated rings. The summed E-state index contributed by atoms with van der Waals surface area (Å²) in [5.41, 5.74) is 0.309. The molecule has 128 valence electrons. The van der Waals surface area contributed by atoms with Gasteiger partial charge in [0.05, 0.1) is 12.8 Å². The molecule has 0 radical (unpaired) electrons. The molecule has 0 saturated carbocycles. The molecule has 2 aromatic rings. The Hall–Kier alpha value is -2.63. The molecule has 0 aliphatic carbocycles. The SMILES string of the molecule is CC(C)[C@H](NC(=O)c1ccc(F)cc1)C(=O)N(C)Cc1ccco1. The third kappa shape index (κ3) is 4.44. The fourth-order valence-electron chi connectivity index (χ4n) is 2.29. The molecule has 5 nitrogen and oxygen atoms in total. The predicted molar refractivity (Wildman–Crippen MR) is 87.7 cm³/mol. The minimum atomic E-state index is -0.678. The molecule has 0 bridgehead atoms. The standard InChI is InChI=1S/C18H21FN2O3/c1-12(2)16(18(23)21(3)11-15-5-4-10-24-15)20-17(22)13-6-8-14(19)9-7-13/h4-10,12,16H,11H2,1-3H3,(H,20,22)/t16-/m0/s1. The van der Waals surface area contributed by atoms with E-state index in [4.69, 9.17) is 4.42 Å². The summed E-state index contributed by atoms with van der Waals surface area (Å²) in [6.07, 6.45) is 1.55. The van der Waals surface area contributed by atoms with Gasteiger partial charge < -0.3 is 14.6 Å². The third-order valence-corrected chi connectivity index (χ3v) is 3.68. The maximum Gasteiger partial charge on any atom is 0.251 e. The second-order valence-corrected chi connectivity index (χ2v) is 5.98. The van der Waals surface area contributed by atoms with Crippen LogP contribution in [-0.2, 0) is 11.3 Å². The van der Waals surface area contributed by atoms with Crippen LogP contribution in [0.15, 0.2) is 47.1 Å². The van der Waals surface area contributed by atoms with Crippen LogP contribution in [0.5, 0.6) is 0 Å². The maximum atomic E-state index is 13.0. The van der Waals surface area contributed by atoms with Crippen LogP contribution in [0, 0.1) is 11.7 Å². The highest BCUT2D eigenvalue weighted by Gasteiger charge is 2.27. The van der Waals surface area contributed by atoms with E-state index in [0.29, 0.717) is 17.9 Å². The molecular formula is C18H21FN2O3. The zero-order valence-corrected chi connectivity index (χ0v) is 14.0. The number of rotatable bonds is 6. The van der Waals surface area contributed by atoms with Gasteiger partial charge in [-0.05, 0) is 42.3 Å². The number of benzene rings is 1. The fourth-order valence-corrected chi connectivity index (χ4v) is 2.29. The zero-order valence-electron chi connectivity index (χ0n) is 14.0. The molecule has 0 unspecified atom stereocenters. The van der Waals surface area contributed by atoms with Crippen LogP contribution in [0.2, 0.25) is 0 Å². The first-order valence-corrected chi connectivity index (χ1v) is 7.72. The van der Waals surface area contributed by atoms with E-state index < -0.39 is 17.8 Å². The van der Waals surface area contributed by atoms with Crippen LogP contribution in [0.1, 0.15) is 30.0 Å². The summed E-state index contributed by atoms with van der Waals surface area (Å²) < 4.78 is 18.2. The molecule has 0 aliphatic rings. The van der Waals surface area contributed by atoms with Crippen molar-refractivity contribution in [3.63, 3.8) is 0 Å². The molecule has 1 N–H and O–H groups in total. The lowest BCUT2D eigenvalue weighted by Gasteiger charge is -2.26. The van der Waals surface area contributed by atoms with Crippen molar-refractivity contribution in [2.45, 2.75) is 26.4 Å². The van der Waals surface area contributed by atoms with E-state index in [9.17, 15) is 14.0 Å². The predicted octanol–water partition coefficient (Wildman–Crippen LogP) is 2.83. The Morgan fingerprint density at radius 3 is 2.42 bits per heavy atom. The van der Waals surface area contributed by atoms with Crippen LogP contribution in [0.25, 0.3) is 0 Å². The minimum absolute atomic E-state index is 0.0963. The van der Waals surface area contributed by atoms with Gasteiger partial charge in [0.25, 0.3) is 5.91 Å². The molecule has 1 aromatic heterocycles. The Labute approximate surface area is 140 Å². The van der Waals surface area contributed by atoms with Gasteiger partial charge in [-0.25, -0.2) is 4.39 Å². The average molecular weight is 332 g/mol. The number of carbonyl (C=O) groups excluding carboxylic acids is 2. The maximum absolute atomic E-state index is 13.0. The van der Waals surface area contributed by atoms with Gasteiger partial charge in [-0.2, -0.15) is 0 Å². The molecule has 24 heavy (non-hydrogen) atoms. The van der Waals surface area contributed by atoms with Crippen LogP contribution >= 0.6 is 0 Å². The second kappa shape index (κ2) is 7.77. The van der Waals surface area contributed by atoms with Gasteiger partial charge in [0.15, 0.2) is 0 Å². The molecule has 0 aliphatic heterocycles. The number of nitrogens with one attached hydrogen (secondary N) is 1. The van der Waals surface area contributed by atoms with Crippen molar-refractivity contribution < 1.29 is 18.4 Å². The molecular weight excluding hydrogens is 311 g/mol. The van der Waals surface area contributed by atoms with Crippen molar-refractivity contribution in [1.82, 2.24) is 10.2 Å². The van der Waals surface area contributed by atoms with Crippen molar-refractivity contribution in [1.29, 1.82) is 0 Å². The van der Waals surface area contributed by atoms with E-state index in [1.165, 1.54) is 29.2 Å². The number of halogens is 1. The van der Waals surface area contributed by atoms with Crippen molar-refractivity contribution in [2.24, 2.45) is 5.92 Å². The molecule has 0 spiro atoms. The van der Waals surface area contributed by atoms with Crippen LogP contribution < -0.4 is 5.32 Å². The van der Waals surface area contributed by atoms with Crippen molar-refractivity contribution in [3.05, 3.63) is 59.8 Å². The highest BCUT2D eigenvalue weighted by atomic mass is 19.1. The van der Waals surface area contributed by atoms with E-state index in [1.54, 1.807) is 25.4 Å². The Balaban J connectivity index is 2.06. The molecule has 6 heteroatoms. The van der Waals surface area contributed by atoms with E-state index in [2.05, 4.69) is 5.32 Å². The minimum Gasteiger partial charge on any atom is -0.467 e. The van der Waals surface area contributed by atoms with Crippen molar-refractivity contribution in [3.8, 4) is 0 Å². The number of hydrogen-bond donors (Lipinski definition) is 1. The Morgan fingerprint density at radius 2 is 1.88 bits per heavy atom. The highest BCUT2D eigenvalue weighted by molar-refractivity contribution is 5.97. The van der Waals surface area contributed by atoms with Gasteiger partial charge in [0, 0.05) is 12.6 Å². The third-order valence-electron chi connectivity index (χ3n) is 3.68. The van der Waals surface area contributed by atoms with Gasteiger partial charge in [-0.3, -0.25) is 9.59 Å². The Morgan fingerprint density at radius 1 is 1.21 bits per heavy atom. The number of hydrogen-bond acceptors (Lipinski definition) is 3. The average Bonchev–Trinajstić information content (AvgIpc) is 3.05. The quantitative estimate of drug-likeness (QED) is 0.885. The second-order valence-electron chi connectivity index (χ2n) is 5.98. The number of furan rings is 1. The molecule has 0 saturated heterocycles. The Bertz CT molecular complexity index is 681. The van der Waals surface area contributed by atoms with E-state index in [1.807, 2.05) is 13.8 Å². The number of amides is 2. The van der Waals surface area contributed by atoms with Crippen LogP contribution in [-0.4, -0.2) is 29.8 Å². The Kier molecular flexibility index (Phi) is 5.73. The van der Waals surface area contributed by atoms with Gasteiger partial charge in [-0.1, -0.05) is 13.8 Å². The normalized spacial score (nSPS) is 12.0. The largest absolute Gasteiger partial charge is 0.467 e. The number of likely N-dealkylation sites (N-methyl/N-ethyl adjacent to an activating group) is 1. The topological polar surface area (TPSA) is 62.6 Å². The first kappa shape index (κ1) is 17.7.